The molecule has 30 heavy (non-hydrogen) atoms. The normalized spacial score (nSPS) is 11.2. The number of carbonyl (C=O) groups excluding carboxylic acids is 1. The minimum Gasteiger partial charge on any atom is -0.465 e. The van der Waals surface area contributed by atoms with E-state index in [1.54, 1.807) is 0 Å². The van der Waals surface area contributed by atoms with Crippen molar-refractivity contribution in [2.75, 3.05) is 6.61 Å². The summed E-state index contributed by atoms with van der Waals surface area (Å²) < 4.78 is 5.70. The number of carbonyl (C=O) groups is 1. The summed E-state index contributed by atoms with van der Waals surface area (Å²) in [5.74, 6) is 0.511. The molecule has 0 heterocycles. The van der Waals surface area contributed by atoms with E-state index in [-0.39, 0.29) is 5.97 Å². The molecule has 0 amide bonds. The lowest BCUT2D eigenvalue weighted by Crippen LogP contribution is -2.15. The van der Waals surface area contributed by atoms with Crippen LogP contribution in [-0.4, -0.2) is 12.6 Å². The third-order valence-electron chi connectivity index (χ3n) is 6.15. The highest BCUT2D eigenvalue weighted by atomic mass is 16.5. The molecule has 0 unspecified atom stereocenters. The highest BCUT2D eigenvalue weighted by Gasteiger charge is 2.12. The zero-order valence-corrected chi connectivity index (χ0v) is 20.2. The maximum absolute atomic E-state index is 12.3. The Hall–Kier alpha value is -1.31. The average molecular weight is 417 g/mol. The monoisotopic (exact) mass is 416 g/mol. The lowest BCUT2D eigenvalue weighted by Gasteiger charge is -2.17. The minimum absolute atomic E-state index is 0.0357. The molecule has 1 aromatic carbocycles. The number of esters is 1. The Morgan fingerprint density at radius 3 is 1.80 bits per heavy atom. The Balaban J connectivity index is 2.28. The largest absolute Gasteiger partial charge is 0.465 e. The molecule has 0 atom stereocenters. The second kappa shape index (κ2) is 18.5. The van der Waals surface area contributed by atoms with Gasteiger partial charge in [0.05, 0.1) is 6.61 Å². The molecule has 1 aromatic rings. The zero-order valence-electron chi connectivity index (χ0n) is 20.2. The fraction of sp³-hybridized carbons (Fsp3) is 0.750. The number of hydrogen-bond acceptors (Lipinski definition) is 2. The van der Waals surface area contributed by atoms with Gasteiger partial charge >= 0.3 is 5.97 Å². The molecule has 0 fully saturated rings. The summed E-state index contributed by atoms with van der Waals surface area (Å²) in [5, 5.41) is 0. The van der Waals surface area contributed by atoms with Crippen LogP contribution in [0.5, 0.6) is 0 Å². The van der Waals surface area contributed by atoms with Crippen molar-refractivity contribution >= 4 is 5.97 Å². The molecule has 0 aliphatic rings. The third kappa shape index (κ3) is 14.6. The Morgan fingerprint density at radius 2 is 1.27 bits per heavy atom. The molecule has 0 N–H and O–H groups in total. The summed E-state index contributed by atoms with van der Waals surface area (Å²) in [6.07, 6.45) is 19.7. The molecule has 0 saturated carbocycles. The molecule has 0 aliphatic carbocycles. The number of aryl methyl sites for hydroxylation is 2. The van der Waals surface area contributed by atoms with E-state index in [0.717, 1.165) is 6.42 Å². The third-order valence-corrected chi connectivity index (χ3v) is 6.15. The van der Waals surface area contributed by atoms with E-state index in [9.17, 15) is 4.79 Å². The van der Waals surface area contributed by atoms with Gasteiger partial charge in [0.15, 0.2) is 0 Å². The van der Waals surface area contributed by atoms with Crippen LogP contribution in [0.2, 0.25) is 0 Å². The molecule has 0 spiro atoms. The van der Waals surface area contributed by atoms with Crippen LogP contribution < -0.4 is 0 Å². The van der Waals surface area contributed by atoms with Crippen LogP contribution >= 0.6 is 0 Å². The van der Waals surface area contributed by atoms with Crippen molar-refractivity contribution in [1.29, 1.82) is 0 Å². The summed E-state index contributed by atoms with van der Waals surface area (Å²) in [6, 6.07) is 8.44. The Morgan fingerprint density at radius 1 is 0.767 bits per heavy atom. The molecule has 0 aromatic heterocycles. The maximum atomic E-state index is 12.3. The van der Waals surface area contributed by atoms with Gasteiger partial charge in [-0.15, -0.1) is 0 Å². The molecule has 0 radical (unpaired) electrons. The predicted molar refractivity (Wildman–Crippen MR) is 130 cm³/mol. The first-order valence-corrected chi connectivity index (χ1v) is 12.9. The molecular formula is C28H48O2. The van der Waals surface area contributed by atoms with Gasteiger partial charge in [-0.05, 0) is 37.7 Å². The van der Waals surface area contributed by atoms with Crippen molar-refractivity contribution in [2.24, 2.45) is 5.92 Å². The minimum atomic E-state index is -0.0357. The van der Waals surface area contributed by atoms with Gasteiger partial charge in [-0.25, -0.2) is 0 Å². The number of benzene rings is 1. The summed E-state index contributed by atoms with van der Waals surface area (Å²) in [5.41, 5.74) is 2.47. The first-order chi connectivity index (χ1) is 14.7. The molecule has 2 heteroatoms. The predicted octanol–water partition coefficient (Wildman–Crippen LogP) is 8.59. The highest BCUT2D eigenvalue weighted by molar-refractivity contribution is 5.69. The van der Waals surface area contributed by atoms with Crippen LogP contribution in [0.15, 0.2) is 24.3 Å². The van der Waals surface area contributed by atoms with Gasteiger partial charge < -0.3 is 4.74 Å². The van der Waals surface area contributed by atoms with Crippen LogP contribution in [0.3, 0.4) is 0 Å². The second-order valence-corrected chi connectivity index (χ2v) is 9.15. The first-order valence-electron chi connectivity index (χ1n) is 12.9. The zero-order chi connectivity index (χ0) is 21.9. The highest BCUT2D eigenvalue weighted by Crippen LogP contribution is 2.20. The second-order valence-electron chi connectivity index (χ2n) is 9.15. The fourth-order valence-electron chi connectivity index (χ4n) is 4.02. The standard InChI is InChI=1S/C28H48O2/c1-4-6-8-10-12-14-16-27(17-15-13-11-9-7-5-2)24-30-28(29)23-22-26-20-18-25(3)19-21-26/h18-21,27H,4-17,22-24H2,1-3H3. The van der Waals surface area contributed by atoms with E-state index in [4.69, 9.17) is 4.74 Å². The quantitative estimate of drug-likeness (QED) is 0.167. The molecule has 1 rings (SSSR count). The van der Waals surface area contributed by atoms with Crippen LogP contribution in [0.4, 0.5) is 0 Å². The Bertz CT molecular complexity index is 504. The van der Waals surface area contributed by atoms with Crippen LogP contribution in [0.25, 0.3) is 0 Å². The van der Waals surface area contributed by atoms with Gasteiger partial charge in [0.1, 0.15) is 0 Å². The smallest absolute Gasteiger partial charge is 0.306 e. The van der Waals surface area contributed by atoms with E-state index in [2.05, 4.69) is 45.0 Å². The molecule has 0 bridgehead atoms. The summed E-state index contributed by atoms with van der Waals surface area (Å²) >= 11 is 0. The molecule has 0 aliphatic heterocycles. The Labute approximate surface area is 187 Å². The number of hydrogen-bond donors (Lipinski definition) is 0. The van der Waals surface area contributed by atoms with Crippen molar-refractivity contribution in [3.8, 4) is 0 Å². The first kappa shape index (κ1) is 26.7. The molecular weight excluding hydrogens is 368 g/mol. The lowest BCUT2D eigenvalue weighted by molar-refractivity contribution is -0.145. The van der Waals surface area contributed by atoms with Gasteiger partial charge in [-0.2, -0.15) is 0 Å². The van der Waals surface area contributed by atoms with Crippen molar-refractivity contribution in [3.63, 3.8) is 0 Å². The van der Waals surface area contributed by atoms with Crippen LogP contribution in [-0.2, 0) is 16.0 Å². The van der Waals surface area contributed by atoms with E-state index in [0.29, 0.717) is 18.9 Å². The van der Waals surface area contributed by atoms with E-state index < -0.39 is 0 Å². The van der Waals surface area contributed by atoms with Gasteiger partial charge in [0.25, 0.3) is 0 Å². The summed E-state index contributed by atoms with van der Waals surface area (Å²) in [4.78, 5) is 12.3. The number of ether oxygens (including phenoxy) is 1. The van der Waals surface area contributed by atoms with Gasteiger partial charge in [0.2, 0.25) is 0 Å². The van der Waals surface area contributed by atoms with E-state index in [1.165, 1.54) is 101 Å². The van der Waals surface area contributed by atoms with E-state index in [1.807, 2.05) is 0 Å². The fourth-order valence-corrected chi connectivity index (χ4v) is 4.02. The number of rotatable bonds is 19. The average Bonchev–Trinajstić information content (AvgIpc) is 2.75. The van der Waals surface area contributed by atoms with Crippen molar-refractivity contribution in [3.05, 3.63) is 35.4 Å². The topological polar surface area (TPSA) is 26.3 Å². The summed E-state index contributed by atoms with van der Waals surface area (Å²) in [7, 11) is 0. The van der Waals surface area contributed by atoms with E-state index >= 15 is 0 Å². The van der Waals surface area contributed by atoms with Crippen molar-refractivity contribution in [1.82, 2.24) is 0 Å². The SMILES string of the molecule is CCCCCCCCC(CCCCCCCC)COC(=O)CCc1ccc(C)cc1. The van der Waals surface area contributed by atoms with Gasteiger partial charge in [0, 0.05) is 6.42 Å². The molecule has 2 nitrogen and oxygen atoms in total. The van der Waals surface area contributed by atoms with Crippen LogP contribution in [0.1, 0.15) is 121 Å². The van der Waals surface area contributed by atoms with Gasteiger partial charge in [-0.1, -0.05) is 121 Å². The summed E-state index contributed by atoms with van der Waals surface area (Å²) in [6.45, 7) is 7.25. The Kier molecular flexibility index (Phi) is 16.4. The van der Waals surface area contributed by atoms with Gasteiger partial charge in [-0.3, -0.25) is 4.79 Å². The molecule has 0 saturated heterocycles. The lowest BCUT2D eigenvalue weighted by atomic mass is 9.94. The van der Waals surface area contributed by atoms with Crippen molar-refractivity contribution < 1.29 is 9.53 Å². The maximum Gasteiger partial charge on any atom is 0.306 e. The van der Waals surface area contributed by atoms with Crippen molar-refractivity contribution in [2.45, 2.75) is 124 Å². The molecule has 172 valence electrons. The number of unbranched alkanes of at least 4 members (excludes halogenated alkanes) is 10. The van der Waals surface area contributed by atoms with Crippen LogP contribution in [0, 0.1) is 12.8 Å².